The lowest BCUT2D eigenvalue weighted by Gasteiger charge is -2.07. The molecule has 0 heterocycles. The number of halogens is 1. The number of nitrogens with one attached hydrogen (secondary N) is 1. The fraction of sp³-hybridized carbons (Fsp3) is 0.0385. The van der Waals surface area contributed by atoms with Crippen LogP contribution >= 0.6 is 15.9 Å². The van der Waals surface area contributed by atoms with Crippen molar-refractivity contribution >= 4 is 44.8 Å². The SMILES string of the molecule is O=C(Cc1ccc(Br)c2ccccc12)NN=Cc1ccc(OC(=O)c2ccccc2)cc1. The summed E-state index contributed by atoms with van der Waals surface area (Å²) in [7, 11) is 0. The zero-order valence-electron chi connectivity index (χ0n) is 17.0. The molecular weight excluding hydrogens is 468 g/mol. The van der Waals surface area contributed by atoms with E-state index in [0.29, 0.717) is 11.3 Å². The summed E-state index contributed by atoms with van der Waals surface area (Å²) in [5.74, 6) is -0.191. The van der Waals surface area contributed by atoms with E-state index >= 15 is 0 Å². The summed E-state index contributed by atoms with van der Waals surface area (Å²) >= 11 is 3.54. The highest BCUT2D eigenvalue weighted by molar-refractivity contribution is 9.10. The van der Waals surface area contributed by atoms with Crippen LogP contribution in [0.4, 0.5) is 0 Å². The van der Waals surface area contributed by atoms with Gasteiger partial charge in [0, 0.05) is 4.47 Å². The summed E-state index contributed by atoms with van der Waals surface area (Å²) < 4.78 is 6.35. The van der Waals surface area contributed by atoms with Gasteiger partial charge >= 0.3 is 5.97 Å². The molecular formula is C26H19BrN2O3. The monoisotopic (exact) mass is 486 g/mol. The number of amides is 1. The number of hydrogen-bond donors (Lipinski definition) is 1. The van der Waals surface area contributed by atoms with Crippen molar-refractivity contribution in [3.63, 3.8) is 0 Å². The van der Waals surface area contributed by atoms with Crippen LogP contribution in [0.1, 0.15) is 21.5 Å². The fourth-order valence-electron chi connectivity index (χ4n) is 3.23. The third kappa shape index (κ3) is 5.28. The van der Waals surface area contributed by atoms with Gasteiger partial charge in [-0.1, -0.05) is 64.5 Å². The van der Waals surface area contributed by atoms with Gasteiger partial charge in [0.25, 0.3) is 0 Å². The van der Waals surface area contributed by atoms with E-state index in [9.17, 15) is 9.59 Å². The smallest absolute Gasteiger partial charge is 0.343 e. The molecule has 4 aromatic carbocycles. The van der Waals surface area contributed by atoms with Gasteiger partial charge in [-0.05, 0) is 64.4 Å². The Morgan fingerprint density at radius 2 is 1.53 bits per heavy atom. The fourth-order valence-corrected chi connectivity index (χ4v) is 3.71. The first kappa shape index (κ1) is 21.5. The van der Waals surface area contributed by atoms with Crippen LogP contribution in [0, 0.1) is 0 Å². The summed E-state index contributed by atoms with van der Waals surface area (Å²) in [6, 6.07) is 27.5. The van der Waals surface area contributed by atoms with Crippen molar-refractivity contribution in [1.82, 2.24) is 5.43 Å². The van der Waals surface area contributed by atoms with Crippen LogP contribution < -0.4 is 10.2 Å². The highest BCUT2D eigenvalue weighted by Crippen LogP contribution is 2.27. The first-order valence-corrected chi connectivity index (χ1v) is 10.7. The molecule has 0 atom stereocenters. The van der Waals surface area contributed by atoms with Crippen molar-refractivity contribution in [3.05, 3.63) is 112 Å². The number of benzene rings is 4. The number of rotatable bonds is 6. The minimum absolute atomic E-state index is 0.206. The van der Waals surface area contributed by atoms with Crippen LogP contribution in [0.2, 0.25) is 0 Å². The number of fused-ring (bicyclic) bond motifs is 1. The molecule has 1 N–H and O–H groups in total. The molecule has 6 heteroatoms. The van der Waals surface area contributed by atoms with Gasteiger partial charge in [0.1, 0.15) is 5.75 Å². The predicted octanol–water partition coefficient (Wildman–Crippen LogP) is 5.51. The summed E-state index contributed by atoms with van der Waals surface area (Å²) in [5.41, 5.74) is 4.74. The third-order valence-electron chi connectivity index (χ3n) is 4.82. The van der Waals surface area contributed by atoms with Crippen molar-refractivity contribution in [2.24, 2.45) is 5.10 Å². The first-order chi connectivity index (χ1) is 15.6. The van der Waals surface area contributed by atoms with Gasteiger partial charge in [0.05, 0.1) is 18.2 Å². The van der Waals surface area contributed by atoms with Crippen molar-refractivity contribution < 1.29 is 14.3 Å². The standard InChI is InChI=1S/C26H19BrN2O3/c27-24-15-12-20(22-8-4-5-9-23(22)24)16-25(30)29-28-17-18-10-13-21(14-11-18)32-26(31)19-6-2-1-3-7-19/h1-15,17H,16H2,(H,29,30). The normalized spacial score (nSPS) is 10.9. The summed E-state index contributed by atoms with van der Waals surface area (Å²) in [6.07, 6.45) is 1.76. The van der Waals surface area contributed by atoms with Crippen molar-refractivity contribution in [1.29, 1.82) is 0 Å². The summed E-state index contributed by atoms with van der Waals surface area (Å²) in [5, 5.41) is 6.13. The lowest BCUT2D eigenvalue weighted by molar-refractivity contribution is -0.120. The summed E-state index contributed by atoms with van der Waals surface area (Å²) in [6.45, 7) is 0. The predicted molar refractivity (Wildman–Crippen MR) is 129 cm³/mol. The van der Waals surface area contributed by atoms with E-state index < -0.39 is 5.97 Å². The van der Waals surface area contributed by atoms with Crippen LogP contribution in [0.15, 0.2) is 101 Å². The van der Waals surface area contributed by atoms with Gasteiger partial charge < -0.3 is 4.74 Å². The Bertz CT molecular complexity index is 1290. The van der Waals surface area contributed by atoms with Crippen molar-refractivity contribution in [3.8, 4) is 5.75 Å². The topological polar surface area (TPSA) is 67.8 Å². The molecule has 0 saturated carbocycles. The molecule has 0 spiro atoms. The van der Waals surface area contributed by atoms with Crippen LogP contribution in [0.25, 0.3) is 10.8 Å². The van der Waals surface area contributed by atoms with Crippen molar-refractivity contribution in [2.45, 2.75) is 6.42 Å². The quantitative estimate of drug-likeness (QED) is 0.169. The van der Waals surface area contributed by atoms with Crippen LogP contribution in [-0.4, -0.2) is 18.1 Å². The van der Waals surface area contributed by atoms with Crippen molar-refractivity contribution in [2.75, 3.05) is 0 Å². The number of carbonyl (C=O) groups is 2. The zero-order chi connectivity index (χ0) is 22.3. The van der Waals surface area contributed by atoms with Crippen LogP contribution in [-0.2, 0) is 11.2 Å². The lowest BCUT2D eigenvalue weighted by Crippen LogP contribution is -2.19. The number of esters is 1. The molecule has 0 aliphatic rings. The molecule has 32 heavy (non-hydrogen) atoms. The Morgan fingerprint density at radius 1 is 0.844 bits per heavy atom. The highest BCUT2D eigenvalue weighted by atomic mass is 79.9. The molecule has 4 rings (SSSR count). The second kappa shape index (κ2) is 10.0. The van der Waals surface area contributed by atoms with Gasteiger partial charge in [-0.25, -0.2) is 10.2 Å². The van der Waals surface area contributed by atoms with Gasteiger partial charge in [-0.2, -0.15) is 5.10 Å². The van der Waals surface area contributed by atoms with Gasteiger partial charge in [0.2, 0.25) is 5.91 Å². The molecule has 1 amide bonds. The van der Waals surface area contributed by atoms with E-state index in [2.05, 4.69) is 26.5 Å². The van der Waals surface area contributed by atoms with Crippen LogP contribution in [0.5, 0.6) is 5.75 Å². The third-order valence-corrected chi connectivity index (χ3v) is 5.51. The molecule has 0 fully saturated rings. The largest absolute Gasteiger partial charge is 0.423 e. The van der Waals surface area contributed by atoms with Crippen LogP contribution in [0.3, 0.4) is 0 Å². The maximum atomic E-state index is 12.3. The van der Waals surface area contributed by atoms with E-state index in [1.54, 1.807) is 54.7 Å². The number of hydrogen-bond acceptors (Lipinski definition) is 4. The first-order valence-electron chi connectivity index (χ1n) is 9.95. The van der Waals surface area contributed by atoms with E-state index in [-0.39, 0.29) is 12.3 Å². The lowest BCUT2D eigenvalue weighted by atomic mass is 10.0. The molecule has 0 aliphatic heterocycles. The van der Waals surface area contributed by atoms with E-state index in [0.717, 1.165) is 26.4 Å². The maximum Gasteiger partial charge on any atom is 0.343 e. The minimum atomic E-state index is -0.417. The average molecular weight is 487 g/mol. The Hall–Kier alpha value is -3.77. The molecule has 0 radical (unpaired) electrons. The van der Waals surface area contributed by atoms with E-state index in [1.807, 2.05) is 42.5 Å². The maximum absolute atomic E-state index is 12.3. The minimum Gasteiger partial charge on any atom is -0.423 e. The average Bonchev–Trinajstić information content (AvgIpc) is 2.83. The zero-order valence-corrected chi connectivity index (χ0v) is 18.6. The molecule has 0 bridgehead atoms. The Labute approximate surface area is 193 Å². The molecule has 0 aliphatic carbocycles. The van der Waals surface area contributed by atoms with E-state index in [4.69, 9.17) is 4.74 Å². The number of hydrazone groups is 1. The number of nitrogens with zero attached hydrogens (tertiary/aromatic N) is 1. The van der Waals surface area contributed by atoms with E-state index in [1.165, 1.54) is 0 Å². The number of carbonyl (C=O) groups excluding carboxylic acids is 2. The molecule has 0 saturated heterocycles. The number of ether oxygens (including phenoxy) is 1. The van der Waals surface area contributed by atoms with Gasteiger partial charge in [-0.3, -0.25) is 4.79 Å². The highest BCUT2D eigenvalue weighted by Gasteiger charge is 2.09. The summed E-state index contributed by atoms with van der Waals surface area (Å²) in [4.78, 5) is 24.4. The molecule has 5 nitrogen and oxygen atoms in total. The second-order valence-corrected chi connectivity index (χ2v) is 7.90. The Morgan fingerprint density at radius 3 is 2.28 bits per heavy atom. The Balaban J connectivity index is 1.34. The molecule has 158 valence electrons. The second-order valence-electron chi connectivity index (χ2n) is 7.05. The molecule has 0 unspecified atom stereocenters. The van der Waals surface area contributed by atoms with Gasteiger partial charge in [-0.15, -0.1) is 0 Å². The molecule has 0 aromatic heterocycles. The molecule has 4 aromatic rings. The van der Waals surface area contributed by atoms with Gasteiger partial charge in [0.15, 0.2) is 0 Å². The Kier molecular flexibility index (Phi) is 6.72.